The van der Waals surface area contributed by atoms with Crippen LogP contribution >= 0.6 is 0 Å². The van der Waals surface area contributed by atoms with Gasteiger partial charge in [0.05, 0.1) is 0 Å². The van der Waals surface area contributed by atoms with Crippen molar-refractivity contribution in [2.75, 3.05) is 0 Å². The molecule has 19 heavy (non-hydrogen) atoms. The molecule has 0 aliphatic heterocycles. The Kier molecular flexibility index (Phi) is 5.04. The maximum atomic E-state index is 8.90. The molecule has 3 heteroatoms. The van der Waals surface area contributed by atoms with Gasteiger partial charge in [-0.2, -0.15) is 0 Å². The number of rotatable bonds is 7. The number of aliphatic hydroxyl groups is 1. The molecule has 1 aromatic heterocycles. The van der Waals surface area contributed by atoms with Crippen LogP contribution in [0.3, 0.4) is 0 Å². The van der Waals surface area contributed by atoms with Crippen LogP contribution in [0.4, 0.5) is 0 Å². The van der Waals surface area contributed by atoms with Crippen molar-refractivity contribution in [1.82, 2.24) is 0 Å². The first-order chi connectivity index (χ1) is 9.31. The van der Waals surface area contributed by atoms with E-state index in [1.165, 1.54) is 18.4 Å². The first-order valence-corrected chi connectivity index (χ1v) is 6.72. The van der Waals surface area contributed by atoms with E-state index in [4.69, 9.17) is 14.3 Å². The molecule has 0 unspecified atom stereocenters. The summed E-state index contributed by atoms with van der Waals surface area (Å²) in [6.45, 7) is 2.50. The lowest BCUT2D eigenvalue weighted by Gasteiger charge is -2.05. The van der Waals surface area contributed by atoms with E-state index in [1.807, 2.05) is 18.2 Å². The third-order valence-electron chi connectivity index (χ3n) is 3.00. The van der Waals surface area contributed by atoms with Gasteiger partial charge in [-0.05, 0) is 42.7 Å². The van der Waals surface area contributed by atoms with Crippen molar-refractivity contribution in [2.45, 2.75) is 39.4 Å². The minimum Gasteiger partial charge on any atom is -0.486 e. The minimum absolute atomic E-state index is 0.0773. The Morgan fingerprint density at radius 3 is 2.42 bits per heavy atom. The van der Waals surface area contributed by atoms with Crippen LogP contribution in [-0.2, 0) is 19.6 Å². The summed E-state index contributed by atoms with van der Waals surface area (Å²) >= 11 is 0. The van der Waals surface area contributed by atoms with Gasteiger partial charge in [-0.3, -0.25) is 0 Å². The third kappa shape index (κ3) is 4.14. The second-order valence-corrected chi connectivity index (χ2v) is 4.56. The van der Waals surface area contributed by atoms with Gasteiger partial charge in [-0.15, -0.1) is 0 Å². The molecule has 0 atom stereocenters. The standard InChI is InChI=1S/C16H20O3/c1-2-3-4-13-5-7-14(8-6-13)18-12-16-10-9-15(11-17)19-16/h5-10,17H,2-4,11-12H2,1H3. The number of hydrogen-bond acceptors (Lipinski definition) is 3. The second-order valence-electron chi connectivity index (χ2n) is 4.56. The van der Waals surface area contributed by atoms with E-state index < -0.39 is 0 Å². The van der Waals surface area contributed by atoms with Crippen LogP contribution in [0.25, 0.3) is 0 Å². The second kappa shape index (κ2) is 7.00. The number of furan rings is 1. The van der Waals surface area contributed by atoms with Crippen molar-refractivity contribution in [3.05, 3.63) is 53.5 Å². The van der Waals surface area contributed by atoms with Gasteiger partial charge in [0.15, 0.2) is 0 Å². The van der Waals surface area contributed by atoms with Gasteiger partial charge in [0.25, 0.3) is 0 Å². The lowest BCUT2D eigenvalue weighted by molar-refractivity contribution is 0.225. The molecule has 0 bridgehead atoms. The number of unbranched alkanes of at least 4 members (excludes halogenated alkanes) is 1. The molecular weight excluding hydrogens is 240 g/mol. The number of aliphatic hydroxyl groups excluding tert-OH is 1. The summed E-state index contributed by atoms with van der Waals surface area (Å²) < 4.78 is 11.0. The fourth-order valence-electron chi connectivity index (χ4n) is 1.87. The van der Waals surface area contributed by atoms with Crippen LogP contribution in [0.1, 0.15) is 36.8 Å². The summed E-state index contributed by atoms with van der Waals surface area (Å²) in [5.74, 6) is 2.12. The highest BCUT2D eigenvalue weighted by atomic mass is 16.5. The van der Waals surface area contributed by atoms with E-state index in [9.17, 15) is 0 Å². The Morgan fingerprint density at radius 1 is 1.05 bits per heavy atom. The molecule has 0 fully saturated rings. The van der Waals surface area contributed by atoms with Crippen molar-refractivity contribution in [1.29, 1.82) is 0 Å². The molecule has 2 rings (SSSR count). The molecule has 0 aliphatic rings. The molecule has 0 saturated heterocycles. The number of hydrogen-bond donors (Lipinski definition) is 1. The molecular formula is C16H20O3. The Bertz CT molecular complexity index is 485. The van der Waals surface area contributed by atoms with Gasteiger partial charge >= 0.3 is 0 Å². The van der Waals surface area contributed by atoms with E-state index in [0.717, 1.165) is 17.9 Å². The van der Waals surface area contributed by atoms with Gasteiger partial charge in [-0.1, -0.05) is 25.5 Å². The third-order valence-corrected chi connectivity index (χ3v) is 3.00. The van der Waals surface area contributed by atoms with Crippen molar-refractivity contribution in [3.8, 4) is 5.75 Å². The molecule has 0 radical (unpaired) electrons. The molecule has 0 spiro atoms. The minimum atomic E-state index is -0.0773. The summed E-state index contributed by atoms with van der Waals surface area (Å²) in [4.78, 5) is 0. The highest BCUT2D eigenvalue weighted by Crippen LogP contribution is 2.16. The van der Waals surface area contributed by atoms with Crippen molar-refractivity contribution >= 4 is 0 Å². The van der Waals surface area contributed by atoms with Gasteiger partial charge in [0.1, 0.15) is 30.5 Å². The zero-order valence-electron chi connectivity index (χ0n) is 11.3. The first kappa shape index (κ1) is 13.7. The zero-order valence-corrected chi connectivity index (χ0v) is 11.3. The van der Waals surface area contributed by atoms with E-state index in [1.54, 1.807) is 6.07 Å². The van der Waals surface area contributed by atoms with Gasteiger partial charge in [0.2, 0.25) is 0 Å². The molecule has 3 nitrogen and oxygen atoms in total. The molecule has 2 aromatic rings. The Hall–Kier alpha value is -1.74. The predicted octanol–water partition coefficient (Wildman–Crippen LogP) is 3.69. The SMILES string of the molecule is CCCCc1ccc(OCc2ccc(CO)o2)cc1. The van der Waals surface area contributed by atoms with Crippen molar-refractivity contribution < 1.29 is 14.3 Å². The van der Waals surface area contributed by atoms with E-state index in [0.29, 0.717) is 12.4 Å². The lowest BCUT2D eigenvalue weighted by atomic mass is 10.1. The number of benzene rings is 1. The average Bonchev–Trinajstić information content (AvgIpc) is 2.92. The quantitative estimate of drug-likeness (QED) is 0.825. The van der Waals surface area contributed by atoms with Gasteiger partial charge < -0.3 is 14.3 Å². The van der Waals surface area contributed by atoms with Crippen LogP contribution in [-0.4, -0.2) is 5.11 Å². The van der Waals surface area contributed by atoms with Crippen LogP contribution < -0.4 is 4.74 Å². The highest BCUT2D eigenvalue weighted by Gasteiger charge is 2.02. The topological polar surface area (TPSA) is 42.6 Å². The highest BCUT2D eigenvalue weighted by molar-refractivity contribution is 5.27. The van der Waals surface area contributed by atoms with E-state index >= 15 is 0 Å². The summed E-state index contributed by atoms with van der Waals surface area (Å²) in [6.07, 6.45) is 3.55. The molecule has 1 N–H and O–H groups in total. The fraction of sp³-hybridized carbons (Fsp3) is 0.375. The molecule has 0 aliphatic carbocycles. The van der Waals surface area contributed by atoms with Crippen LogP contribution in [0.15, 0.2) is 40.8 Å². The summed E-state index contributed by atoms with van der Waals surface area (Å²) in [7, 11) is 0. The van der Waals surface area contributed by atoms with E-state index in [2.05, 4.69) is 19.1 Å². The van der Waals surface area contributed by atoms with E-state index in [-0.39, 0.29) is 6.61 Å². The smallest absolute Gasteiger partial charge is 0.146 e. The fourth-order valence-corrected chi connectivity index (χ4v) is 1.87. The zero-order chi connectivity index (χ0) is 13.5. The predicted molar refractivity (Wildman–Crippen MR) is 74.0 cm³/mol. The molecule has 1 aromatic carbocycles. The molecule has 1 heterocycles. The summed E-state index contributed by atoms with van der Waals surface area (Å²) in [5.41, 5.74) is 1.34. The number of aryl methyl sites for hydroxylation is 1. The molecule has 102 valence electrons. The largest absolute Gasteiger partial charge is 0.486 e. The maximum Gasteiger partial charge on any atom is 0.146 e. The van der Waals surface area contributed by atoms with Gasteiger partial charge in [0, 0.05) is 0 Å². The first-order valence-electron chi connectivity index (χ1n) is 6.72. The Labute approximate surface area is 113 Å². The van der Waals surface area contributed by atoms with Crippen LogP contribution in [0.2, 0.25) is 0 Å². The van der Waals surface area contributed by atoms with Crippen molar-refractivity contribution in [3.63, 3.8) is 0 Å². The summed E-state index contributed by atoms with van der Waals surface area (Å²) in [6, 6.07) is 11.8. The van der Waals surface area contributed by atoms with Crippen LogP contribution in [0, 0.1) is 0 Å². The number of ether oxygens (including phenoxy) is 1. The molecule has 0 amide bonds. The maximum absolute atomic E-state index is 8.90. The van der Waals surface area contributed by atoms with Gasteiger partial charge in [-0.25, -0.2) is 0 Å². The van der Waals surface area contributed by atoms with Crippen LogP contribution in [0.5, 0.6) is 5.75 Å². The Morgan fingerprint density at radius 2 is 1.79 bits per heavy atom. The average molecular weight is 260 g/mol. The lowest BCUT2D eigenvalue weighted by Crippen LogP contribution is -1.94. The normalized spacial score (nSPS) is 10.6. The Balaban J connectivity index is 1.85. The van der Waals surface area contributed by atoms with Crippen molar-refractivity contribution in [2.24, 2.45) is 0 Å². The monoisotopic (exact) mass is 260 g/mol. The molecule has 0 saturated carbocycles. The summed E-state index contributed by atoms with van der Waals surface area (Å²) in [5, 5.41) is 8.90.